The van der Waals surface area contributed by atoms with Crippen molar-refractivity contribution < 1.29 is 9.59 Å². The summed E-state index contributed by atoms with van der Waals surface area (Å²) < 4.78 is 1.06. The first-order valence-electron chi connectivity index (χ1n) is 7.41. The number of aromatic nitrogens is 1. The van der Waals surface area contributed by atoms with Gasteiger partial charge in [0.2, 0.25) is 11.8 Å². The maximum Gasteiger partial charge on any atom is 0.231 e. The fourth-order valence-corrected chi connectivity index (χ4v) is 3.67. The van der Waals surface area contributed by atoms with Crippen LogP contribution in [0.5, 0.6) is 0 Å². The molecule has 0 saturated carbocycles. The normalized spacial score (nSPS) is 18.5. The van der Waals surface area contributed by atoms with Gasteiger partial charge in [-0.2, -0.15) is 0 Å². The number of thiazole rings is 1. The average molecular weight is 317 g/mol. The highest BCUT2D eigenvalue weighted by atomic mass is 32.1. The number of benzene rings is 1. The van der Waals surface area contributed by atoms with Crippen LogP contribution in [0.15, 0.2) is 18.2 Å². The van der Waals surface area contributed by atoms with Crippen molar-refractivity contribution >= 4 is 38.5 Å². The van der Waals surface area contributed by atoms with Crippen LogP contribution in [-0.4, -0.2) is 34.3 Å². The van der Waals surface area contributed by atoms with Crippen LogP contribution < -0.4 is 5.32 Å². The first kappa shape index (κ1) is 15.0. The SMILES string of the molecule is Cc1ccc2nc(NC(=O)[C@@H]3CC(=O)N(C(C)C)C3)sc2c1. The minimum atomic E-state index is -0.288. The van der Waals surface area contributed by atoms with Crippen LogP contribution in [0, 0.1) is 12.8 Å². The summed E-state index contributed by atoms with van der Waals surface area (Å²) in [7, 11) is 0. The summed E-state index contributed by atoms with van der Waals surface area (Å²) >= 11 is 1.46. The Morgan fingerprint density at radius 3 is 2.91 bits per heavy atom. The third-order valence-electron chi connectivity index (χ3n) is 3.93. The van der Waals surface area contributed by atoms with Gasteiger partial charge < -0.3 is 10.2 Å². The molecule has 1 saturated heterocycles. The van der Waals surface area contributed by atoms with Gasteiger partial charge in [0.05, 0.1) is 16.1 Å². The molecular formula is C16H19N3O2S. The van der Waals surface area contributed by atoms with Gasteiger partial charge in [0.15, 0.2) is 5.13 Å². The van der Waals surface area contributed by atoms with E-state index in [0.717, 1.165) is 10.2 Å². The van der Waals surface area contributed by atoms with Crippen molar-refractivity contribution in [2.24, 2.45) is 5.92 Å². The molecule has 116 valence electrons. The van der Waals surface area contributed by atoms with E-state index in [9.17, 15) is 9.59 Å². The molecule has 6 heteroatoms. The van der Waals surface area contributed by atoms with Crippen molar-refractivity contribution in [2.75, 3.05) is 11.9 Å². The van der Waals surface area contributed by atoms with Gasteiger partial charge >= 0.3 is 0 Å². The molecule has 0 unspecified atom stereocenters. The van der Waals surface area contributed by atoms with Gasteiger partial charge in [0, 0.05) is 19.0 Å². The molecule has 22 heavy (non-hydrogen) atoms. The van der Waals surface area contributed by atoms with Gasteiger partial charge in [-0.25, -0.2) is 4.98 Å². The highest BCUT2D eigenvalue weighted by Crippen LogP contribution is 2.28. The summed E-state index contributed by atoms with van der Waals surface area (Å²) in [4.78, 5) is 30.4. The lowest BCUT2D eigenvalue weighted by Crippen LogP contribution is -2.33. The van der Waals surface area contributed by atoms with E-state index < -0.39 is 0 Å². The first-order chi connectivity index (χ1) is 10.4. The molecule has 0 spiro atoms. The quantitative estimate of drug-likeness (QED) is 0.947. The predicted octanol–water partition coefficient (Wildman–Crippen LogP) is 2.80. The number of nitrogens with one attached hydrogen (secondary N) is 1. The number of anilines is 1. The van der Waals surface area contributed by atoms with Crippen molar-refractivity contribution in [1.82, 2.24) is 9.88 Å². The molecule has 1 aromatic heterocycles. The maximum atomic E-state index is 12.3. The molecule has 1 aromatic carbocycles. The second-order valence-corrected chi connectivity index (χ2v) is 7.05. The number of aryl methyl sites for hydroxylation is 1. The summed E-state index contributed by atoms with van der Waals surface area (Å²) in [5, 5.41) is 3.46. The van der Waals surface area contributed by atoms with E-state index in [1.165, 1.54) is 16.9 Å². The van der Waals surface area contributed by atoms with E-state index in [4.69, 9.17) is 0 Å². The minimum absolute atomic E-state index is 0.0510. The Morgan fingerprint density at radius 2 is 2.23 bits per heavy atom. The second kappa shape index (κ2) is 5.68. The average Bonchev–Trinajstić information content (AvgIpc) is 3.01. The summed E-state index contributed by atoms with van der Waals surface area (Å²) in [6.45, 7) is 6.45. The third-order valence-corrected chi connectivity index (χ3v) is 4.86. The van der Waals surface area contributed by atoms with Crippen molar-refractivity contribution in [1.29, 1.82) is 0 Å². The molecular weight excluding hydrogens is 298 g/mol. The van der Waals surface area contributed by atoms with E-state index in [1.807, 2.05) is 32.9 Å². The fraction of sp³-hybridized carbons (Fsp3) is 0.438. The summed E-state index contributed by atoms with van der Waals surface area (Å²) in [6.07, 6.45) is 0.286. The van der Waals surface area contributed by atoms with Crippen LogP contribution in [0.1, 0.15) is 25.8 Å². The number of rotatable bonds is 3. The van der Waals surface area contributed by atoms with Crippen LogP contribution in [0.25, 0.3) is 10.2 Å². The zero-order chi connectivity index (χ0) is 15.9. The van der Waals surface area contributed by atoms with Gasteiger partial charge in [-0.3, -0.25) is 9.59 Å². The molecule has 2 aromatic rings. The summed E-state index contributed by atoms with van der Waals surface area (Å²) in [6, 6.07) is 6.15. The third kappa shape index (κ3) is 2.83. The number of likely N-dealkylation sites (tertiary alicyclic amines) is 1. The summed E-state index contributed by atoms with van der Waals surface area (Å²) in [5.41, 5.74) is 2.06. The van der Waals surface area contributed by atoms with Crippen molar-refractivity contribution in [3.63, 3.8) is 0 Å². The van der Waals surface area contributed by atoms with Crippen molar-refractivity contribution in [2.45, 2.75) is 33.2 Å². The molecule has 2 heterocycles. The highest BCUT2D eigenvalue weighted by Gasteiger charge is 2.35. The van der Waals surface area contributed by atoms with Gasteiger partial charge in [-0.1, -0.05) is 17.4 Å². The Kier molecular flexibility index (Phi) is 3.87. The molecule has 3 rings (SSSR count). The number of amides is 2. The Morgan fingerprint density at radius 1 is 1.45 bits per heavy atom. The van der Waals surface area contributed by atoms with Crippen LogP contribution in [-0.2, 0) is 9.59 Å². The molecule has 2 amide bonds. The molecule has 5 nitrogen and oxygen atoms in total. The zero-order valence-corrected chi connectivity index (χ0v) is 13.7. The smallest absolute Gasteiger partial charge is 0.231 e. The molecule has 0 bridgehead atoms. The Labute approximate surface area is 133 Å². The van der Waals surface area contributed by atoms with E-state index in [-0.39, 0.29) is 30.2 Å². The Balaban J connectivity index is 1.72. The Hall–Kier alpha value is -1.95. The number of carbonyl (C=O) groups excluding carboxylic acids is 2. The second-order valence-electron chi connectivity index (χ2n) is 6.02. The van der Waals surface area contributed by atoms with Gasteiger partial charge in [-0.15, -0.1) is 0 Å². The zero-order valence-electron chi connectivity index (χ0n) is 12.9. The summed E-state index contributed by atoms with van der Waals surface area (Å²) in [5.74, 6) is -0.356. The number of fused-ring (bicyclic) bond motifs is 1. The van der Waals surface area contributed by atoms with Crippen LogP contribution in [0.2, 0.25) is 0 Å². The first-order valence-corrected chi connectivity index (χ1v) is 8.23. The van der Waals surface area contributed by atoms with Gasteiger partial charge in [0.25, 0.3) is 0 Å². The highest BCUT2D eigenvalue weighted by molar-refractivity contribution is 7.22. The molecule has 0 radical (unpaired) electrons. The van der Waals surface area contributed by atoms with E-state index in [1.54, 1.807) is 4.90 Å². The molecule has 1 aliphatic rings. The lowest BCUT2D eigenvalue weighted by atomic mass is 10.1. The molecule has 1 fully saturated rings. The van der Waals surface area contributed by atoms with Crippen LogP contribution >= 0.6 is 11.3 Å². The van der Waals surface area contributed by atoms with E-state index >= 15 is 0 Å². The van der Waals surface area contributed by atoms with Gasteiger partial charge in [-0.05, 0) is 38.5 Å². The molecule has 1 N–H and O–H groups in total. The van der Waals surface area contributed by atoms with E-state index in [2.05, 4.69) is 16.4 Å². The molecule has 1 atom stereocenters. The van der Waals surface area contributed by atoms with Crippen LogP contribution in [0.3, 0.4) is 0 Å². The fourth-order valence-electron chi connectivity index (χ4n) is 2.70. The number of hydrogen-bond acceptors (Lipinski definition) is 4. The lowest BCUT2D eigenvalue weighted by Gasteiger charge is -2.20. The number of carbonyl (C=O) groups is 2. The van der Waals surface area contributed by atoms with Gasteiger partial charge in [0.1, 0.15) is 0 Å². The monoisotopic (exact) mass is 317 g/mol. The molecule has 0 aliphatic carbocycles. The van der Waals surface area contributed by atoms with Crippen molar-refractivity contribution in [3.8, 4) is 0 Å². The van der Waals surface area contributed by atoms with E-state index in [0.29, 0.717) is 11.7 Å². The maximum absolute atomic E-state index is 12.3. The predicted molar refractivity (Wildman–Crippen MR) is 87.9 cm³/mol. The standard InChI is InChI=1S/C16H19N3O2S/c1-9(2)19-8-11(7-14(19)20)15(21)18-16-17-12-5-4-10(3)6-13(12)22-16/h4-6,9,11H,7-8H2,1-3H3,(H,17,18,21)/t11-/m1/s1. The minimum Gasteiger partial charge on any atom is -0.339 e. The molecule has 1 aliphatic heterocycles. The number of nitrogens with zero attached hydrogens (tertiary/aromatic N) is 2. The van der Waals surface area contributed by atoms with Crippen LogP contribution in [0.4, 0.5) is 5.13 Å². The Bertz CT molecular complexity index is 738. The lowest BCUT2D eigenvalue weighted by molar-refractivity contribution is -0.129. The largest absolute Gasteiger partial charge is 0.339 e. The van der Waals surface area contributed by atoms with Crippen molar-refractivity contribution in [3.05, 3.63) is 23.8 Å². The topological polar surface area (TPSA) is 62.3 Å². The number of hydrogen-bond donors (Lipinski definition) is 1.